The average molecular weight is 363 g/mol. The molecule has 1 fully saturated rings. The van der Waals surface area contributed by atoms with E-state index in [0.717, 1.165) is 42.8 Å². The fourth-order valence-electron chi connectivity index (χ4n) is 3.89. The monoisotopic (exact) mass is 363 g/mol. The predicted octanol–water partition coefficient (Wildman–Crippen LogP) is 3.76. The van der Waals surface area contributed by atoms with Gasteiger partial charge >= 0.3 is 0 Å². The molecule has 0 bridgehead atoms. The van der Waals surface area contributed by atoms with E-state index in [4.69, 9.17) is 4.74 Å². The molecule has 3 aromatic rings. The van der Waals surface area contributed by atoms with Crippen LogP contribution in [0.2, 0.25) is 0 Å². The Morgan fingerprint density at radius 1 is 1.19 bits per heavy atom. The number of hydrogen-bond donors (Lipinski definition) is 0. The van der Waals surface area contributed by atoms with E-state index in [1.54, 1.807) is 7.11 Å². The highest BCUT2D eigenvalue weighted by molar-refractivity contribution is 5.79. The minimum absolute atomic E-state index is 0.188. The Kier molecular flexibility index (Phi) is 4.84. The molecule has 0 N–H and O–H groups in total. The molecule has 140 valence electrons. The van der Waals surface area contributed by atoms with Gasteiger partial charge in [-0.1, -0.05) is 18.2 Å². The fraction of sp³-hybridized carbons (Fsp3) is 0.364. The van der Waals surface area contributed by atoms with Crippen molar-refractivity contribution < 1.29 is 9.53 Å². The smallest absolute Gasteiger partial charge is 0.226 e. The number of methoxy groups -OCH3 is 1. The first-order valence-electron chi connectivity index (χ1n) is 9.48. The lowest BCUT2D eigenvalue weighted by Gasteiger charge is -2.33. The van der Waals surface area contributed by atoms with Crippen molar-refractivity contribution in [3.05, 3.63) is 59.9 Å². The van der Waals surface area contributed by atoms with Crippen molar-refractivity contribution in [2.24, 2.45) is 0 Å². The van der Waals surface area contributed by atoms with Crippen molar-refractivity contribution in [3.8, 4) is 5.75 Å². The van der Waals surface area contributed by atoms with Gasteiger partial charge in [0.25, 0.3) is 0 Å². The maximum absolute atomic E-state index is 12.7. The third-order valence-electron chi connectivity index (χ3n) is 5.43. The van der Waals surface area contributed by atoms with Gasteiger partial charge in [0.1, 0.15) is 5.75 Å². The number of benzene rings is 2. The van der Waals surface area contributed by atoms with Crippen LogP contribution in [0.1, 0.15) is 30.0 Å². The van der Waals surface area contributed by atoms with Crippen molar-refractivity contribution in [3.63, 3.8) is 0 Å². The van der Waals surface area contributed by atoms with Crippen molar-refractivity contribution in [2.45, 2.75) is 32.2 Å². The first-order chi connectivity index (χ1) is 13.1. The zero-order valence-corrected chi connectivity index (χ0v) is 15.9. The predicted molar refractivity (Wildman–Crippen MR) is 106 cm³/mol. The van der Waals surface area contributed by atoms with Crippen LogP contribution in [0, 0.1) is 6.92 Å². The first kappa shape index (κ1) is 17.6. The summed E-state index contributed by atoms with van der Waals surface area (Å²) in [5.74, 6) is 0.981. The molecule has 5 nitrogen and oxygen atoms in total. The maximum Gasteiger partial charge on any atom is 0.226 e. The Morgan fingerprint density at radius 2 is 2.00 bits per heavy atom. The third kappa shape index (κ3) is 3.68. The zero-order chi connectivity index (χ0) is 18.8. The maximum atomic E-state index is 12.7. The summed E-state index contributed by atoms with van der Waals surface area (Å²) in [5, 5.41) is 0. The van der Waals surface area contributed by atoms with Crippen LogP contribution in [-0.4, -0.2) is 40.6 Å². The van der Waals surface area contributed by atoms with E-state index in [-0.39, 0.29) is 5.91 Å². The fourth-order valence-corrected chi connectivity index (χ4v) is 3.89. The average Bonchev–Trinajstić information content (AvgIpc) is 3.11. The van der Waals surface area contributed by atoms with E-state index in [9.17, 15) is 4.79 Å². The molecule has 1 saturated heterocycles. The Morgan fingerprint density at radius 3 is 2.78 bits per heavy atom. The van der Waals surface area contributed by atoms with Crippen LogP contribution in [0.5, 0.6) is 5.75 Å². The summed E-state index contributed by atoms with van der Waals surface area (Å²) < 4.78 is 7.53. The van der Waals surface area contributed by atoms with Crippen LogP contribution in [0.25, 0.3) is 11.0 Å². The Hall–Kier alpha value is -2.82. The van der Waals surface area contributed by atoms with Gasteiger partial charge in [0.15, 0.2) is 0 Å². The number of hydrogen-bond acceptors (Lipinski definition) is 3. The summed E-state index contributed by atoms with van der Waals surface area (Å²) in [4.78, 5) is 19.2. The molecule has 0 aliphatic carbocycles. The number of carbonyl (C=O) groups is 1. The summed E-state index contributed by atoms with van der Waals surface area (Å²) in [7, 11) is 1.65. The number of imidazole rings is 1. The second-order valence-electron chi connectivity index (χ2n) is 7.28. The molecule has 1 aliphatic rings. The number of fused-ring (bicyclic) bond motifs is 1. The highest BCUT2D eigenvalue weighted by Gasteiger charge is 2.24. The minimum Gasteiger partial charge on any atom is -0.497 e. The normalized spacial score (nSPS) is 15.3. The number of aryl methyl sites for hydroxylation is 1. The molecule has 0 saturated carbocycles. The number of carbonyl (C=O) groups excluding carboxylic acids is 1. The number of amides is 1. The van der Waals surface area contributed by atoms with Crippen LogP contribution >= 0.6 is 0 Å². The van der Waals surface area contributed by atoms with Crippen molar-refractivity contribution >= 4 is 16.9 Å². The minimum atomic E-state index is 0.188. The molecule has 0 unspecified atom stereocenters. The molecular formula is C22H25N3O2. The van der Waals surface area contributed by atoms with Crippen LogP contribution in [-0.2, 0) is 11.2 Å². The topological polar surface area (TPSA) is 47.4 Å². The molecule has 1 aliphatic heterocycles. The van der Waals surface area contributed by atoms with Crippen LogP contribution in [0.15, 0.2) is 48.8 Å². The Balaban J connectivity index is 1.40. The van der Waals surface area contributed by atoms with Crippen molar-refractivity contribution in [2.75, 3.05) is 20.2 Å². The van der Waals surface area contributed by atoms with Gasteiger partial charge in [-0.2, -0.15) is 0 Å². The van der Waals surface area contributed by atoms with E-state index < -0.39 is 0 Å². The number of likely N-dealkylation sites (tertiary alicyclic amines) is 1. The largest absolute Gasteiger partial charge is 0.497 e. The summed E-state index contributed by atoms with van der Waals surface area (Å²) in [6, 6.07) is 14.5. The molecule has 27 heavy (non-hydrogen) atoms. The van der Waals surface area contributed by atoms with Crippen molar-refractivity contribution in [1.29, 1.82) is 0 Å². The highest BCUT2D eigenvalue weighted by Crippen LogP contribution is 2.27. The number of aromatic nitrogens is 2. The van der Waals surface area contributed by atoms with Gasteiger partial charge in [-0.3, -0.25) is 4.79 Å². The second-order valence-corrected chi connectivity index (χ2v) is 7.28. The number of ether oxygens (including phenoxy) is 1. The molecule has 1 amide bonds. The van der Waals surface area contributed by atoms with Crippen LogP contribution in [0.3, 0.4) is 0 Å². The standard InChI is InChI=1S/C22H25N3O2/c1-16-6-7-20-21(12-16)25(15-23-20)18-8-10-24(11-9-18)22(26)14-17-4-3-5-19(13-17)27-2/h3-7,12-13,15,18H,8-11,14H2,1-2H3. The van der Waals surface area contributed by atoms with Gasteiger partial charge in [-0.25, -0.2) is 4.98 Å². The summed E-state index contributed by atoms with van der Waals surface area (Å²) in [6.07, 6.45) is 4.30. The molecule has 2 heterocycles. The number of nitrogens with zero attached hydrogens (tertiary/aromatic N) is 3. The van der Waals surface area contributed by atoms with Crippen LogP contribution in [0.4, 0.5) is 0 Å². The van der Waals surface area contributed by atoms with Gasteiger partial charge < -0.3 is 14.2 Å². The van der Waals surface area contributed by atoms with Gasteiger partial charge in [0.2, 0.25) is 5.91 Å². The zero-order valence-electron chi connectivity index (χ0n) is 15.9. The first-order valence-corrected chi connectivity index (χ1v) is 9.48. The molecule has 2 aromatic carbocycles. The lowest BCUT2D eigenvalue weighted by atomic mass is 10.0. The second kappa shape index (κ2) is 7.43. The molecule has 4 rings (SSSR count). The molecule has 0 radical (unpaired) electrons. The molecular weight excluding hydrogens is 338 g/mol. The highest BCUT2D eigenvalue weighted by atomic mass is 16.5. The molecule has 5 heteroatoms. The number of piperidine rings is 1. The molecule has 0 spiro atoms. The molecule has 0 atom stereocenters. The van der Waals surface area contributed by atoms with E-state index in [1.165, 1.54) is 11.1 Å². The van der Waals surface area contributed by atoms with E-state index in [0.29, 0.717) is 12.5 Å². The van der Waals surface area contributed by atoms with E-state index >= 15 is 0 Å². The SMILES string of the molecule is COc1cccc(CC(=O)N2CCC(n3cnc4ccc(C)cc43)CC2)c1. The van der Waals surface area contributed by atoms with E-state index in [1.807, 2.05) is 35.5 Å². The molecule has 1 aromatic heterocycles. The summed E-state index contributed by atoms with van der Waals surface area (Å²) >= 11 is 0. The van der Waals surface area contributed by atoms with Gasteiger partial charge in [-0.05, 0) is 55.2 Å². The van der Waals surface area contributed by atoms with Crippen LogP contribution < -0.4 is 4.74 Å². The summed E-state index contributed by atoms with van der Waals surface area (Å²) in [5.41, 5.74) is 4.47. The Bertz CT molecular complexity index is 955. The van der Waals surface area contributed by atoms with E-state index in [2.05, 4.69) is 34.7 Å². The van der Waals surface area contributed by atoms with Crippen molar-refractivity contribution in [1.82, 2.24) is 14.5 Å². The lowest BCUT2D eigenvalue weighted by molar-refractivity contribution is -0.131. The quantitative estimate of drug-likeness (QED) is 0.709. The van der Waals surface area contributed by atoms with Gasteiger partial charge in [-0.15, -0.1) is 0 Å². The lowest BCUT2D eigenvalue weighted by Crippen LogP contribution is -2.39. The number of rotatable bonds is 4. The Labute approximate surface area is 159 Å². The summed E-state index contributed by atoms with van der Waals surface area (Å²) in [6.45, 7) is 3.69. The third-order valence-corrected chi connectivity index (χ3v) is 5.43. The van der Waals surface area contributed by atoms with Gasteiger partial charge in [0, 0.05) is 19.1 Å². The van der Waals surface area contributed by atoms with Gasteiger partial charge in [0.05, 0.1) is 30.9 Å².